The first-order valence-corrected chi connectivity index (χ1v) is 7.01. The number of benzene rings is 1. The monoisotopic (exact) mass is 269 g/mol. The lowest BCUT2D eigenvalue weighted by molar-refractivity contribution is -0.120. The van der Waals surface area contributed by atoms with E-state index >= 15 is 0 Å². The molecule has 1 aromatic heterocycles. The van der Waals surface area contributed by atoms with Crippen molar-refractivity contribution in [2.75, 3.05) is 5.32 Å². The molecule has 1 N–H and O–H groups in total. The Labute approximate surface area is 118 Å². The molecule has 0 unspecified atom stereocenters. The third-order valence-electron chi connectivity index (χ3n) is 3.97. The maximum atomic E-state index is 12.4. The molecule has 1 aromatic carbocycles. The quantitative estimate of drug-likeness (QED) is 0.911. The lowest BCUT2D eigenvalue weighted by Gasteiger charge is -2.23. The molecule has 104 valence electrons. The van der Waals surface area contributed by atoms with Gasteiger partial charge in [0.1, 0.15) is 5.82 Å². The normalized spacial score (nSPS) is 17.6. The van der Waals surface area contributed by atoms with E-state index in [1.165, 1.54) is 0 Å². The summed E-state index contributed by atoms with van der Waals surface area (Å²) in [6.07, 6.45) is 5.39. The van der Waals surface area contributed by atoms with E-state index in [-0.39, 0.29) is 11.8 Å². The van der Waals surface area contributed by atoms with Gasteiger partial charge >= 0.3 is 0 Å². The number of rotatable bonds is 2. The van der Waals surface area contributed by atoms with Crippen LogP contribution < -0.4 is 5.32 Å². The summed E-state index contributed by atoms with van der Waals surface area (Å²) in [6, 6.07) is 6.12. The van der Waals surface area contributed by atoms with E-state index in [1.54, 1.807) is 6.20 Å². The number of hydrogen-bond acceptors (Lipinski definition) is 2. The van der Waals surface area contributed by atoms with Crippen molar-refractivity contribution in [2.24, 2.45) is 5.92 Å². The van der Waals surface area contributed by atoms with E-state index in [1.807, 2.05) is 32.2 Å². The molecule has 0 saturated heterocycles. The molecular formula is C16H19N3O. The topological polar surface area (TPSA) is 46.9 Å². The summed E-state index contributed by atoms with van der Waals surface area (Å²) in [6.45, 7) is 4.93. The van der Waals surface area contributed by atoms with Gasteiger partial charge in [0, 0.05) is 37.0 Å². The van der Waals surface area contributed by atoms with Gasteiger partial charge in [-0.2, -0.15) is 0 Å². The van der Waals surface area contributed by atoms with E-state index in [4.69, 9.17) is 0 Å². The molecule has 1 aliphatic heterocycles. The lowest BCUT2D eigenvalue weighted by Crippen LogP contribution is -2.30. The van der Waals surface area contributed by atoms with Crippen molar-refractivity contribution in [3.63, 3.8) is 0 Å². The Balaban J connectivity index is 1.73. The SMILES string of the molecule is Cc1ccc(C)c(NC(=O)[C@@H]2CCn3ccnc3C2)c1. The van der Waals surface area contributed by atoms with E-state index in [0.29, 0.717) is 0 Å². The lowest BCUT2D eigenvalue weighted by atomic mass is 9.96. The van der Waals surface area contributed by atoms with Crippen molar-refractivity contribution in [1.29, 1.82) is 0 Å². The van der Waals surface area contributed by atoms with Crippen LogP contribution in [-0.4, -0.2) is 15.5 Å². The maximum absolute atomic E-state index is 12.4. The van der Waals surface area contributed by atoms with Gasteiger partial charge in [0.2, 0.25) is 5.91 Å². The summed E-state index contributed by atoms with van der Waals surface area (Å²) in [5, 5.41) is 3.07. The number of amides is 1. The van der Waals surface area contributed by atoms with Gasteiger partial charge in [-0.1, -0.05) is 12.1 Å². The highest BCUT2D eigenvalue weighted by Gasteiger charge is 2.25. The van der Waals surface area contributed by atoms with Gasteiger partial charge in [-0.3, -0.25) is 4.79 Å². The van der Waals surface area contributed by atoms with Crippen LogP contribution >= 0.6 is 0 Å². The van der Waals surface area contributed by atoms with Gasteiger partial charge in [-0.15, -0.1) is 0 Å². The molecule has 0 fully saturated rings. The zero-order valence-corrected chi connectivity index (χ0v) is 11.9. The fraction of sp³-hybridized carbons (Fsp3) is 0.375. The number of anilines is 1. The van der Waals surface area contributed by atoms with Crippen LogP contribution in [0.1, 0.15) is 23.4 Å². The molecule has 4 heteroatoms. The first kappa shape index (κ1) is 12.9. The predicted molar refractivity (Wildman–Crippen MR) is 78.6 cm³/mol. The molecular weight excluding hydrogens is 250 g/mol. The highest BCUT2D eigenvalue weighted by Crippen LogP contribution is 2.22. The first-order chi connectivity index (χ1) is 9.63. The summed E-state index contributed by atoms with van der Waals surface area (Å²) in [4.78, 5) is 16.7. The van der Waals surface area contributed by atoms with Crippen molar-refractivity contribution in [3.8, 4) is 0 Å². The van der Waals surface area contributed by atoms with E-state index < -0.39 is 0 Å². The van der Waals surface area contributed by atoms with Gasteiger partial charge in [0.15, 0.2) is 0 Å². The van der Waals surface area contributed by atoms with Crippen molar-refractivity contribution in [1.82, 2.24) is 9.55 Å². The Morgan fingerprint density at radius 2 is 2.25 bits per heavy atom. The molecule has 0 radical (unpaired) electrons. The van der Waals surface area contributed by atoms with Gasteiger partial charge in [-0.25, -0.2) is 4.98 Å². The molecule has 0 bridgehead atoms. The molecule has 2 aromatic rings. The van der Waals surface area contributed by atoms with Crippen LogP contribution in [-0.2, 0) is 17.8 Å². The Hall–Kier alpha value is -2.10. The van der Waals surface area contributed by atoms with Crippen molar-refractivity contribution in [3.05, 3.63) is 47.5 Å². The second-order valence-corrected chi connectivity index (χ2v) is 5.53. The second kappa shape index (κ2) is 5.12. The summed E-state index contributed by atoms with van der Waals surface area (Å²) in [5.74, 6) is 1.13. The number of nitrogens with zero attached hydrogens (tertiary/aromatic N) is 2. The van der Waals surface area contributed by atoms with Gasteiger partial charge < -0.3 is 9.88 Å². The summed E-state index contributed by atoms with van der Waals surface area (Å²) < 4.78 is 2.13. The van der Waals surface area contributed by atoms with Crippen LogP contribution in [0.15, 0.2) is 30.6 Å². The van der Waals surface area contributed by atoms with Crippen molar-refractivity contribution in [2.45, 2.75) is 33.2 Å². The fourth-order valence-electron chi connectivity index (χ4n) is 2.68. The second-order valence-electron chi connectivity index (χ2n) is 5.53. The molecule has 2 heterocycles. The minimum absolute atomic E-state index is 0.0183. The third-order valence-corrected chi connectivity index (χ3v) is 3.97. The first-order valence-electron chi connectivity index (χ1n) is 7.01. The number of carbonyl (C=O) groups is 1. The zero-order chi connectivity index (χ0) is 14.1. The number of imidazole rings is 1. The number of aryl methyl sites for hydroxylation is 3. The smallest absolute Gasteiger partial charge is 0.228 e. The molecule has 0 spiro atoms. The molecule has 1 aliphatic rings. The summed E-state index contributed by atoms with van der Waals surface area (Å²) in [7, 11) is 0. The zero-order valence-electron chi connectivity index (χ0n) is 11.9. The number of fused-ring (bicyclic) bond motifs is 1. The fourth-order valence-corrected chi connectivity index (χ4v) is 2.68. The van der Waals surface area contributed by atoms with Crippen LogP contribution in [0.4, 0.5) is 5.69 Å². The molecule has 0 saturated carbocycles. The molecule has 1 amide bonds. The largest absolute Gasteiger partial charge is 0.335 e. The Bertz CT molecular complexity index is 645. The molecule has 20 heavy (non-hydrogen) atoms. The highest BCUT2D eigenvalue weighted by molar-refractivity contribution is 5.93. The summed E-state index contributed by atoms with van der Waals surface area (Å²) >= 11 is 0. The van der Waals surface area contributed by atoms with E-state index in [0.717, 1.165) is 42.0 Å². The Morgan fingerprint density at radius 1 is 1.40 bits per heavy atom. The minimum Gasteiger partial charge on any atom is -0.335 e. The average Bonchev–Trinajstić information content (AvgIpc) is 2.90. The number of hydrogen-bond donors (Lipinski definition) is 1. The molecule has 1 atom stereocenters. The van der Waals surface area contributed by atoms with Gasteiger partial charge in [-0.05, 0) is 37.5 Å². The predicted octanol–water partition coefficient (Wildman–Crippen LogP) is 2.70. The van der Waals surface area contributed by atoms with Crippen LogP contribution in [0.3, 0.4) is 0 Å². The molecule has 0 aliphatic carbocycles. The Kier molecular flexibility index (Phi) is 3.30. The standard InChI is InChI=1S/C16H19N3O/c1-11-3-4-12(2)14(9-11)18-16(20)13-5-7-19-8-6-17-15(19)10-13/h3-4,6,8-9,13H,5,7,10H2,1-2H3,(H,18,20)/t13-/m1/s1. The Morgan fingerprint density at radius 3 is 3.10 bits per heavy atom. The highest BCUT2D eigenvalue weighted by atomic mass is 16.1. The van der Waals surface area contributed by atoms with E-state index in [2.05, 4.69) is 20.9 Å². The number of aromatic nitrogens is 2. The van der Waals surface area contributed by atoms with Crippen LogP contribution in [0.5, 0.6) is 0 Å². The van der Waals surface area contributed by atoms with Gasteiger partial charge in [0.05, 0.1) is 0 Å². The van der Waals surface area contributed by atoms with Gasteiger partial charge in [0.25, 0.3) is 0 Å². The van der Waals surface area contributed by atoms with Crippen molar-refractivity contribution >= 4 is 11.6 Å². The van der Waals surface area contributed by atoms with Crippen LogP contribution in [0, 0.1) is 19.8 Å². The minimum atomic E-state index is 0.0183. The molecule has 4 nitrogen and oxygen atoms in total. The van der Waals surface area contributed by atoms with E-state index in [9.17, 15) is 4.79 Å². The molecule has 3 rings (SSSR count). The van der Waals surface area contributed by atoms with Crippen molar-refractivity contribution < 1.29 is 4.79 Å². The maximum Gasteiger partial charge on any atom is 0.228 e. The average molecular weight is 269 g/mol. The van der Waals surface area contributed by atoms with Crippen LogP contribution in [0.25, 0.3) is 0 Å². The number of nitrogens with one attached hydrogen (secondary N) is 1. The summed E-state index contributed by atoms with van der Waals surface area (Å²) in [5.41, 5.74) is 3.18. The number of carbonyl (C=O) groups excluding carboxylic acids is 1. The van der Waals surface area contributed by atoms with Crippen LogP contribution in [0.2, 0.25) is 0 Å². The third kappa shape index (κ3) is 2.46.